The number of aromatic nitrogens is 3. The smallest absolute Gasteiger partial charge is 0.138 e. The lowest BCUT2D eigenvalue weighted by Gasteiger charge is -2.16. The largest absolute Gasteiger partial charge is 0.310 e. The Hall–Kier alpha value is -1.20. The van der Waals surface area contributed by atoms with Crippen molar-refractivity contribution in [1.29, 1.82) is 0 Å². The highest BCUT2D eigenvalue weighted by Gasteiger charge is 2.09. The molecule has 0 aliphatic carbocycles. The van der Waals surface area contributed by atoms with Gasteiger partial charge in [-0.1, -0.05) is 28.9 Å². The van der Waals surface area contributed by atoms with Crippen molar-refractivity contribution in [3.05, 3.63) is 40.9 Å². The first kappa shape index (κ1) is 13.2. The van der Waals surface area contributed by atoms with E-state index in [1.54, 1.807) is 11.0 Å². The molecule has 96 valence electrons. The van der Waals surface area contributed by atoms with Gasteiger partial charge in [-0.3, -0.25) is 0 Å². The molecule has 2 aromatic rings. The van der Waals surface area contributed by atoms with Crippen LogP contribution in [0.25, 0.3) is 5.69 Å². The van der Waals surface area contributed by atoms with Crippen molar-refractivity contribution in [3.8, 4) is 5.69 Å². The summed E-state index contributed by atoms with van der Waals surface area (Å²) < 4.78 is 2.84. The number of benzene rings is 1. The van der Waals surface area contributed by atoms with E-state index in [2.05, 4.69) is 63.4 Å². The van der Waals surface area contributed by atoms with Crippen LogP contribution in [-0.2, 0) is 0 Å². The Balaban J connectivity index is 2.20. The van der Waals surface area contributed by atoms with Crippen molar-refractivity contribution < 1.29 is 0 Å². The molecular weight excluding hydrogens is 292 g/mol. The molecule has 1 heterocycles. The van der Waals surface area contributed by atoms with E-state index in [1.807, 2.05) is 0 Å². The van der Waals surface area contributed by atoms with Gasteiger partial charge in [-0.25, -0.2) is 9.67 Å². The molecule has 0 aliphatic heterocycles. The summed E-state index contributed by atoms with van der Waals surface area (Å²) in [6.45, 7) is 5.37. The third kappa shape index (κ3) is 2.97. The van der Waals surface area contributed by atoms with Gasteiger partial charge in [0.25, 0.3) is 0 Å². The molecule has 0 spiro atoms. The summed E-state index contributed by atoms with van der Waals surface area (Å²) in [5.41, 5.74) is 2.26. The molecule has 0 radical (unpaired) electrons. The molecule has 0 saturated carbocycles. The molecule has 2 rings (SSSR count). The standard InChI is InChI=1S/C13H17BrN4/c1-3-6-16-10(2)12-5-4-11(7-13(12)14)18-9-15-8-17-18/h4-5,7-10,16H,3,6H2,1-2H3. The van der Waals surface area contributed by atoms with Crippen LogP contribution in [0.15, 0.2) is 35.3 Å². The molecule has 4 nitrogen and oxygen atoms in total. The van der Waals surface area contributed by atoms with Crippen molar-refractivity contribution in [1.82, 2.24) is 20.1 Å². The summed E-state index contributed by atoms with van der Waals surface area (Å²) in [5, 5.41) is 7.60. The highest BCUT2D eigenvalue weighted by atomic mass is 79.9. The van der Waals surface area contributed by atoms with Gasteiger partial charge in [0.15, 0.2) is 0 Å². The number of hydrogen-bond acceptors (Lipinski definition) is 3. The molecule has 1 aromatic carbocycles. The average molecular weight is 309 g/mol. The summed E-state index contributed by atoms with van der Waals surface area (Å²) in [5.74, 6) is 0. The van der Waals surface area contributed by atoms with Gasteiger partial charge in [0.05, 0.1) is 5.69 Å². The van der Waals surface area contributed by atoms with Crippen LogP contribution in [0.3, 0.4) is 0 Å². The Morgan fingerprint density at radius 1 is 1.44 bits per heavy atom. The predicted molar refractivity (Wildman–Crippen MR) is 75.8 cm³/mol. The number of halogens is 1. The van der Waals surface area contributed by atoms with Crippen LogP contribution in [0.2, 0.25) is 0 Å². The highest BCUT2D eigenvalue weighted by molar-refractivity contribution is 9.10. The van der Waals surface area contributed by atoms with Crippen LogP contribution in [-0.4, -0.2) is 21.3 Å². The van der Waals surface area contributed by atoms with E-state index in [0.717, 1.165) is 23.1 Å². The van der Waals surface area contributed by atoms with Crippen LogP contribution >= 0.6 is 15.9 Å². The Morgan fingerprint density at radius 2 is 2.28 bits per heavy atom. The van der Waals surface area contributed by atoms with E-state index < -0.39 is 0 Å². The Morgan fingerprint density at radius 3 is 2.89 bits per heavy atom. The minimum Gasteiger partial charge on any atom is -0.310 e. The van der Waals surface area contributed by atoms with Gasteiger partial charge in [0, 0.05) is 10.5 Å². The van der Waals surface area contributed by atoms with Gasteiger partial charge in [-0.15, -0.1) is 0 Å². The lowest BCUT2D eigenvalue weighted by atomic mass is 10.1. The molecular formula is C13H17BrN4. The fourth-order valence-corrected chi connectivity index (χ4v) is 2.53. The van der Waals surface area contributed by atoms with Crippen LogP contribution in [0.4, 0.5) is 0 Å². The second-order valence-corrected chi connectivity index (χ2v) is 5.08. The molecule has 1 atom stereocenters. The van der Waals surface area contributed by atoms with E-state index in [0.29, 0.717) is 6.04 Å². The third-order valence-corrected chi connectivity index (χ3v) is 3.52. The number of nitrogens with one attached hydrogen (secondary N) is 1. The molecule has 1 aromatic heterocycles. The maximum atomic E-state index is 4.12. The van der Waals surface area contributed by atoms with Crippen molar-refractivity contribution in [3.63, 3.8) is 0 Å². The monoisotopic (exact) mass is 308 g/mol. The Bertz CT molecular complexity index is 496. The third-order valence-electron chi connectivity index (χ3n) is 2.83. The van der Waals surface area contributed by atoms with Gasteiger partial charge in [0.2, 0.25) is 0 Å². The van der Waals surface area contributed by atoms with E-state index in [1.165, 1.54) is 11.9 Å². The summed E-state index contributed by atoms with van der Waals surface area (Å²) >= 11 is 3.62. The Labute approximate surface area is 116 Å². The lowest BCUT2D eigenvalue weighted by molar-refractivity contribution is 0.569. The average Bonchev–Trinajstić information content (AvgIpc) is 2.89. The number of rotatable bonds is 5. The zero-order valence-corrected chi connectivity index (χ0v) is 12.2. The summed E-state index contributed by atoms with van der Waals surface area (Å²) in [6.07, 6.45) is 4.37. The van der Waals surface area contributed by atoms with E-state index in [9.17, 15) is 0 Å². The minimum absolute atomic E-state index is 0.337. The lowest BCUT2D eigenvalue weighted by Crippen LogP contribution is -2.19. The Kier molecular flexibility index (Phi) is 4.49. The number of hydrogen-bond donors (Lipinski definition) is 1. The fraction of sp³-hybridized carbons (Fsp3) is 0.385. The zero-order chi connectivity index (χ0) is 13.0. The van der Waals surface area contributed by atoms with Crippen LogP contribution in [0.5, 0.6) is 0 Å². The van der Waals surface area contributed by atoms with Gasteiger partial charge >= 0.3 is 0 Å². The molecule has 0 saturated heterocycles. The number of nitrogens with zero attached hydrogens (tertiary/aromatic N) is 3. The topological polar surface area (TPSA) is 42.7 Å². The van der Waals surface area contributed by atoms with Gasteiger partial charge in [-0.05, 0) is 37.6 Å². The van der Waals surface area contributed by atoms with E-state index >= 15 is 0 Å². The van der Waals surface area contributed by atoms with Crippen LogP contribution in [0.1, 0.15) is 31.9 Å². The van der Waals surface area contributed by atoms with E-state index in [-0.39, 0.29) is 0 Å². The van der Waals surface area contributed by atoms with Gasteiger partial charge in [0.1, 0.15) is 12.7 Å². The van der Waals surface area contributed by atoms with Crippen molar-refractivity contribution in [2.75, 3.05) is 6.54 Å². The molecule has 1 N–H and O–H groups in total. The molecule has 0 bridgehead atoms. The van der Waals surface area contributed by atoms with Crippen molar-refractivity contribution in [2.45, 2.75) is 26.3 Å². The van der Waals surface area contributed by atoms with Crippen molar-refractivity contribution >= 4 is 15.9 Å². The quantitative estimate of drug-likeness (QED) is 0.923. The summed E-state index contributed by atoms with van der Waals surface area (Å²) in [7, 11) is 0. The molecule has 0 fully saturated rings. The molecule has 1 unspecified atom stereocenters. The maximum absolute atomic E-state index is 4.12. The van der Waals surface area contributed by atoms with Gasteiger partial charge < -0.3 is 5.32 Å². The minimum atomic E-state index is 0.337. The predicted octanol–water partition coefficient (Wildman–Crippen LogP) is 3.09. The summed E-state index contributed by atoms with van der Waals surface area (Å²) in [4.78, 5) is 3.95. The maximum Gasteiger partial charge on any atom is 0.138 e. The molecule has 18 heavy (non-hydrogen) atoms. The molecule has 5 heteroatoms. The van der Waals surface area contributed by atoms with Crippen LogP contribution in [0, 0.1) is 0 Å². The van der Waals surface area contributed by atoms with Crippen LogP contribution < -0.4 is 5.32 Å². The molecule has 0 amide bonds. The second kappa shape index (κ2) is 6.11. The highest BCUT2D eigenvalue weighted by Crippen LogP contribution is 2.25. The second-order valence-electron chi connectivity index (χ2n) is 4.22. The van der Waals surface area contributed by atoms with Gasteiger partial charge in [-0.2, -0.15) is 5.10 Å². The van der Waals surface area contributed by atoms with E-state index in [4.69, 9.17) is 0 Å². The molecule has 0 aliphatic rings. The summed E-state index contributed by atoms with van der Waals surface area (Å²) in [6, 6.07) is 6.57. The first-order valence-corrected chi connectivity index (χ1v) is 6.89. The first-order valence-electron chi connectivity index (χ1n) is 6.10. The zero-order valence-electron chi connectivity index (χ0n) is 10.6. The SMILES string of the molecule is CCCNC(C)c1ccc(-n2cncn2)cc1Br. The van der Waals surface area contributed by atoms with Crippen molar-refractivity contribution in [2.24, 2.45) is 0 Å². The fourth-order valence-electron chi connectivity index (χ4n) is 1.82. The normalized spacial score (nSPS) is 12.6. The first-order chi connectivity index (χ1) is 8.72.